The summed E-state index contributed by atoms with van der Waals surface area (Å²) in [6.45, 7) is 3.14. The van der Waals surface area contributed by atoms with Gasteiger partial charge in [-0.25, -0.2) is 9.59 Å². The van der Waals surface area contributed by atoms with Crippen molar-refractivity contribution in [1.29, 1.82) is 0 Å². The van der Waals surface area contributed by atoms with Crippen LogP contribution in [0.3, 0.4) is 0 Å². The van der Waals surface area contributed by atoms with Gasteiger partial charge in [0.1, 0.15) is 0 Å². The zero-order valence-corrected chi connectivity index (χ0v) is 9.53. The number of carbonyl (C=O) groups excluding carboxylic acids is 1. The molecule has 0 rings (SSSR count). The zero-order valence-electron chi connectivity index (χ0n) is 9.53. The van der Waals surface area contributed by atoms with Crippen LogP contribution in [0.1, 0.15) is 13.8 Å². The number of carboxylic acid groups (broad SMARTS) is 1. The second kappa shape index (κ2) is 5.98. The first-order valence-electron chi connectivity index (χ1n) is 4.60. The van der Waals surface area contributed by atoms with Gasteiger partial charge in [0.15, 0.2) is 6.04 Å². The van der Waals surface area contributed by atoms with Crippen LogP contribution < -0.4 is 10.6 Å². The first kappa shape index (κ1) is 14.3. The van der Waals surface area contributed by atoms with E-state index >= 15 is 0 Å². The van der Waals surface area contributed by atoms with Crippen LogP contribution in [0.5, 0.6) is 0 Å². The van der Waals surface area contributed by atoms with Crippen LogP contribution in [0.4, 0.5) is 4.79 Å². The second-order valence-electron chi connectivity index (χ2n) is 3.71. The molecule has 1 unspecified atom stereocenters. The maximum absolute atomic E-state index is 11.4. The molecule has 6 heteroatoms. The fourth-order valence-electron chi connectivity index (χ4n) is 0.856. The van der Waals surface area contributed by atoms with Crippen LogP contribution in [0.15, 0.2) is 0 Å². The lowest BCUT2D eigenvalue weighted by Gasteiger charge is -2.21. The average Bonchev–Trinajstić information content (AvgIpc) is 2.16. The molecule has 0 heterocycles. The van der Waals surface area contributed by atoms with E-state index in [4.69, 9.17) is 11.5 Å². The molecule has 0 aromatic rings. The third-order valence-electron chi connectivity index (χ3n) is 1.72. The number of nitrogens with one attached hydrogen (secondary N) is 2. The molecular weight excluding hydrogens is 212 g/mol. The summed E-state index contributed by atoms with van der Waals surface area (Å²) in [6.07, 6.45) is 5.17. The number of carboxylic acids is 1. The van der Waals surface area contributed by atoms with Crippen molar-refractivity contribution in [3.05, 3.63) is 0 Å². The monoisotopic (exact) mass is 228 g/mol. The highest BCUT2D eigenvalue weighted by Crippen LogP contribution is 1.98. The smallest absolute Gasteiger partial charge is 0.328 e. The van der Waals surface area contributed by atoms with Gasteiger partial charge in [-0.15, -0.1) is 6.42 Å². The summed E-state index contributed by atoms with van der Waals surface area (Å²) in [5.74, 6) is 1.19. The van der Waals surface area contributed by atoms with Crippen molar-refractivity contribution >= 4 is 12.0 Å². The molecule has 0 aromatic heterocycles. The van der Waals surface area contributed by atoms with Crippen molar-refractivity contribution in [1.82, 2.24) is 10.6 Å². The van der Waals surface area contributed by atoms with Crippen molar-refractivity contribution < 1.29 is 19.4 Å². The average molecular weight is 228 g/mol. The van der Waals surface area contributed by atoms with Crippen molar-refractivity contribution in [3.63, 3.8) is 0 Å². The molecule has 0 bridgehead atoms. The molecule has 1 atom stereocenters. The second-order valence-corrected chi connectivity index (χ2v) is 3.71. The molecule has 0 saturated carbocycles. The van der Waals surface area contributed by atoms with E-state index in [9.17, 15) is 9.59 Å². The molecule has 6 nitrogen and oxygen atoms in total. The summed E-state index contributed by atoms with van der Waals surface area (Å²) < 4.78 is 4.66. The highest BCUT2D eigenvalue weighted by molar-refractivity contribution is 5.83. The van der Waals surface area contributed by atoms with Gasteiger partial charge in [0.2, 0.25) is 0 Å². The van der Waals surface area contributed by atoms with Crippen molar-refractivity contribution in [2.75, 3.05) is 13.7 Å². The third kappa shape index (κ3) is 5.22. The quantitative estimate of drug-likeness (QED) is 0.568. The Morgan fingerprint density at radius 2 is 2.12 bits per heavy atom. The molecule has 0 saturated heterocycles. The van der Waals surface area contributed by atoms with E-state index in [-0.39, 0.29) is 6.61 Å². The third-order valence-corrected chi connectivity index (χ3v) is 1.72. The number of urea groups is 1. The standard InChI is InChI=1S/C10H16N2O4/c1-5-10(2,3)12-9(15)11-7(6-16-4)8(13)14/h1,7H,6H2,2-4H3,(H,13,14)(H2,11,12,15). The van der Waals surface area contributed by atoms with E-state index in [0.717, 1.165) is 0 Å². The predicted molar refractivity (Wildman–Crippen MR) is 57.9 cm³/mol. The topological polar surface area (TPSA) is 87.7 Å². The number of amides is 2. The number of terminal acetylenes is 1. The molecule has 0 aliphatic rings. The van der Waals surface area contributed by atoms with E-state index in [0.29, 0.717) is 0 Å². The Balaban J connectivity index is 4.32. The molecule has 16 heavy (non-hydrogen) atoms. The van der Waals surface area contributed by atoms with Crippen LogP contribution in [0.25, 0.3) is 0 Å². The fourth-order valence-corrected chi connectivity index (χ4v) is 0.856. The van der Waals surface area contributed by atoms with Gasteiger partial charge in [0.25, 0.3) is 0 Å². The van der Waals surface area contributed by atoms with Crippen molar-refractivity contribution in [2.45, 2.75) is 25.4 Å². The maximum atomic E-state index is 11.4. The first-order valence-corrected chi connectivity index (χ1v) is 4.60. The van der Waals surface area contributed by atoms with Gasteiger partial charge in [0.05, 0.1) is 12.1 Å². The summed E-state index contributed by atoms with van der Waals surface area (Å²) in [7, 11) is 1.35. The van der Waals surface area contributed by atoms with Gasteiger partial charge >= 0.3 is 12.0 Å². The van der Waals surface area contributed by atoms with Crippen LogP contribution in [-0.4, -0.2) is 42.4 Å². The lowest BCUT2D eigenvalue weighted by molar-refractivity contribution is -0.140. The van der Waals surface area contributed by atoms with Crippen LogP contribution in [0.2, 0.25) is 0 Å². The number of ether oxygens (including phenoxy) is 1. The SMILES string of the molecule is C#CC(C)(C)NC(=O)NC(COC)C(=O)O. The summed E-state index contributed by atoms with van der Waals surface area (Å²) >= 11 is 0. The summed E-state index contributed by atoms with van der Waals surface area (Å²) in [5, 5.41) is 13.4. The molecule has 0 aliphatic carbocycles. The Morgan fingerprint density at radius 1 is 1.56 bits per heavy atom. The van der Waals surface area contributed by atoms with Crippen LogP contribution >= 0.6 is 0 Å². The molecule has 3 N–H and O–H groups in total. The summed E-state index contributed by atoms with van der Waals surface area (Å²) in [5.41, 5.74) is -0.833. The fraction of sp³-hybridized carbons (Fsp3) is 0.600. The zero-order chi connectivity index (χ0) is 12.8. The van der Waals surface area contributed by atoms with Crippen LogP contribution in [0, 0.1) is 12.3 Å². The highest BCUT2D eigenvalue weighted by atomic mass is 16.5. The van der Waals surface area contributed by atoms with Gasteiger partial charge in [-0.3, -0.25) is 0 Å². The largest absolute Gasteiger partial charge is 0.480 e. The van der Waals surface area contributed by atoms with E-state index in [1.54, 1.807) is 13.8 Å². The molecular formula is C10H16N2O4. The minimum absolute atomic E-state index is 0.112. The summed E-state index contributed by atoms with van der Waals surface area (Å²) in [4.78, 5) is 22.1. The molecule has 0 spiro atoms. The number of hydrogen-bond donors (Lipinski definition) is 3. The molecule has 0 fully saturated rings. The maximum Gasteiger partial charge on any atom is 0.328 e. The van der Waals surface area contributed by atoms with Crippen molar-refractivity contribution in [2.24, 2.45) is 0 Å². The van der Waals surface area contributed by atoms with Gasteiger partial charge in [-0.1, -0.05) is 5.92 Å². The lowest BCUT2D eigenvalue weighted by Crippen LogP contribution is -2.53. The van der Waals surface area contributed by atoms with Crippen molar-refractivity contribution in [3.8, 4) is 12.3 Å². The minimum Gasteiger partial charge on any atom is -0.480 e. The van der Waals surface area contributed by atoms with E-state index in [1.165, 1.54) is 7.11 Å². The van der Waals surface area contributed by atoms with Gasteiger partial charge in [0, 0.05) is 7.11 Å². The lowest BCUT2D eigenvalue weighted by atomic mass is 10.1. The van der Waals surface area contributed by atoms with Gasteiger partial charge < -0.3 is 20.5 Å². The molecule has 0 aromatic carbocycles. The molecule has 90 valence electrons. The summed E-state index contributed by atoms with van der Waals surface area (Å²) in [6, 6.07) is -1.74. The van der Waals surface area contributed by atoms with E-state index in [1.807, 2.05) is 0 Å². The number of rotatable bonds is 5. The molecule has 2 amide bonds. The number of aliphatic carboxylic acids is 1. The molecule has 0 aliphatic heterocycles. The molecule has 0 radical (unpaired) electrons. The number of methoxy groups -OCH3 is 1. The Bertz CT molecular complexity index is 306. The first-order chi connectivity index (χ1) is 7.32. The number of hydrogen-bond acceptors (Lipinski definition) is 3. The minimum atomic E-state index is -1.17. The number of carbonyl (C=O) groups is 2. The van der Waals surface area contributed by atoms with Gasteiger partial charge in [-0.05, 0) is 13.8 Å². The Morgan fingerprint density at radius 3 is 2.50 bits per heavy atom. The van der Waals surface area contributed by atoms with Crippen LogP contribution in [-0.2, 0) is 9.53 Å². The Hall–Kier alpha value is -1.74. The van der Waals surface area contributed by atoms with Gasteiger partial charge in [-0.2, -0.15) is 0 Å². The Kier molecular flexibility index (Phi) is 5.33. The normalized spacial score (nSPS) is 12.4. The van der Waals surface area contributed by atoms with E-state index in [2.05, 4.69) is 21.3 Å². The Labute approximate surface area is 94.4 Å². The highest BCUT2D eigenvalue weighted by Gasteiger charge is 2.23. The predicted octanol–water partition coefficient (Wildman–Crippen LogP) is -0.203. The van der Waals surface area contributed by atoms with E-state index < -0.39 is 23.6 Å².